The van der Waals surface area contributed by atoms with Crippen molar-refractivity contribution >= 4 is 23.4 Å². The lowest BCUT2D eigenvalue weighted by Gasteiger charge is -2.31. The third kappa shape index (κ3) is 4.86. The molecule has 0 unspecified atom stereocenters. The molecule has 0 spiro atoms. The number of morpholine rings is 1. The number of halogens is 1. The molecule has 2 aromatic carbocycles. The van der Waals surface area contributed by atoms with Crippen LogP contribution in [0.1, 0.15) is 34.7 Å². The number of benzene rings is 2. The van der Waals surface area contributed by atoms with E-state index in [0.29, 0.717) is 49.7 Å². The van der Waals surface area contributed by atoms with Crippen LogP contribution < -0.4 is 10.1 Å². The lowest BCUT2D eigenvalue weighted by Crippen LogP contribution is -2.44. The van der Waals surface area contributed by atoms with E-state index in [2.05, 4.69) is 5.32 Å². The quantitative estimate of drug-likeness (QED) is 0.769. The van der Waals surface area contributed by atoms with E-state index in [1.807, 2.05) is 29.2 Å². The molecule has 3 atom stereocenters. The predicted octanol–water partition coefficient (Wildman–Crippen LogP) is 3.50. The van der Waals surface area contributed by atoms with Gasteiger partial charge < -0.3 is 19.7 Å². The van der Waals surface area contributed by atoms with Crippen molar-refractivity contribution in [3.05, 3.63) is 64.7 Å². The lowest BCUT2D eigenvalue weighted by atomic mass is 9.88. The Kier molecular flexibility index (Phi) is 6.78. The zero-order valence-corrected chi connectivity index (χ0v) is 18.3. The Labute approximate surface area is 187 Å². The van der Waals surface area contributed by atoms with Crippen molar-refractivity contribution in [3.8, 4) is 5.75 Å². The van der Waals surface area contributed by atoms with Gasteiger partial charge in [0.05, 0.1) is 30.9 Å². The van der Waals surface area contributed by atoms with Gasteiger partial charge in [-0.15, -0.1) is 0 Å². The number of amides is 2. The smallest absolute Gasteiger partial charge is 0.253 e. The van der Waals surface area contributed by atoms with Gasteiger partial charge in [-0.2, -0.15) is 0 Å². The van der Waals surface area contributed by atoms with Gasteiger partial charge in [0.15, 0.2) is 0 Å². The second-order valence-corrected chi connectivity index (χ2v) is 8.45. The number of hydrogen-bond donors (Lipinski definition) is 1. The molecule has 7 heteroatoms. The summed E-state index contributed by atoms with van der Waals surface area (Å²) in [7, 11) is 1.63. The van der Waals surface area contributed by atoms with Crippen molar-refractivity contribution < 1.29 is 19.1 Å². The van der Waals surface area contributed by atoms with Crippen LogP contribution in [0.3, 0.4) is 0 Å². The number of carbonyl (C=O) groups excluding carboxylic acids is 2. The Morgan fingerprint density at radius 1 is 1.06 bits per heavy atom. The van der Waals surface area contributed by atoms with Crippen LogP contribution in [0.4, 0.5) is 0 Å². The number of hydrogen-bond acceptors (Lipinski definition) is 4. The van der Waals surface area contributed by atoms with Crippen LogP contribution >= 0.6 is 11.6 Å². The van der Waals surface area contributed by atoms with E-state index in [0.717, 1.165) is 11.3 Å². The summed E-state index contributed by atoms with van der Waals surface area (Å²) < 4.78 is 10.7. The third-order valence-corrected chi connectivity index (χ3v) is 6.53. The zero-order valence-electron chi connectivity index (χ0n) is 17.6. The first-order chi connectivity index (χ1) is 15.1. The van der Waals surface area contributed by atoms with E-state index in [1.54, 1.807) is 31.4 Å². The normalized spacial score (nSPS) is 23.4. The summed E-state index contributed by atoms with van der Waals surface area (Å²) in [6.45, 7) is 2.36. The van der Waals surface area contributed by atoms with Crippen molar-refractivity contribution in [2.75, 3.05) is 33.4 Å². The van der Waals surface area contributed by atoms with Crippen molar-refractivity contribution in [2.24, 2.45) is 5.92 Å². The molecule has 1 saturated carbocycles. The Bertz CT molecular complexity index is 927. The van der Waals surface area contributed by atoms with Gasteiger partial charge in [-0.05, 0) is 48.6 Å². The molecule has 1 saturated heterocycles. The largest absolute Gasteiger partial charge is 0.497 e. The number of nitrogens with zero attached hydrogens (tertiary/aromatic N) is 1. The van der Waals surface area contributed by atoms with Crippen LogP contribution in [0.25, 0.3) is 0 Å². The number of rotatable bonds is 5. The monoisotopic (exact) mass is 442 g/mol. The van der Waals surface area contributed by atoms with Crippen LogP contribution in [0.15, 0.2) is 48.5 Å². The van der Waals surface area contributed by atoms with Crippen LogP contribution in [0.5, 0.6) is 5.75 Å². The molecule has 6 nitrogen and oxygen atoms in total. The topological polar surface area (TPSA) is 67.9 Å². The maximum Gasteiger partial charge on any atom is 0.253 e. The molecule has 1 heterocycles. The summed E-state index contributed by atoms with van der Waals surface area (Å²) in [5, 5.41) is 3.52. The van der Waals surface area contributed by atoms with Crippen LogP contribution in [-0.4, -0.2) is 56.2 Å². The minimum absolute atomic E-state index is 0.0257. The molecule has 1 N–H and O–H groups in total. The number of methoxy groups -OCH3 is 1. The maximum absolute atomic E-state index is 13.4. The highest BCUT2D eigenvalue weighted by molar-refractivity contribution is 6.33. The summed E-state index contributed by atoms with van der Waals surface area (Å²) in [6.07, 6.45) is 1.30. The molecule has 1 aliphatic carbocycles. The predicted molar refractivity (Wildman–Crippen MR) is 119 cm³/mol. The summed E-state index contributed by atoms with van der Waals surface area (Å²) in [4.78, 5) is 28.1. The molecule has 1 aliphatic heterocycles. The molecule has 0 bridgehead atoms. The highest BCUT2D eigenvalue weighted by atomic mass is 35.5. The van der Waals surface area contributed by atoms with Crippen LogP contribution in [0.2, 0.25) is 5.02 Å². The van der Waals surface area contributed by atoms with Gasteiger partial charge in [0.1, 0.15) is 5.75 Å². The van der Waals surface area contributed by atoms with E-state index in [4.69, 9.17) is 21.1 Å². The molecule has 2 aromatic rings. The fourth-order valence-corrected chi connectivity index (χ4v) is 4.80. The van der Waals surface area contributed by atoms with Gasteiger partial charge in [-0.1, -0.05) is 35.9 Å². The second kappa shape index (κ2) is 9.71. The molecule has 2 fully saturated rings. The molecule has 0 aromatic heterocycles. The third-order valence-electron chi connectivity index (χ3n) is 6.20. The Morgan fingerprint density at radius 3 is 2.45 bits per heavy atom. The average Bonchev–Trinajstić information content (AvgIpc) is 3.23. The fraction of sp³-hybridized carbons (Fsp3) is 0.417. The lowest BCUT2D eigenvalue weighted by molar-refractivity contribution is -0.140. The summed E-state index contributed by atoms with van der Waals surface area (Å²) >= 11 is 6.19. The maximum atomic E-state index is 13.4. The number of nitrogens with one attached hydrogen (secondary N) is 1. The van der Waals surface area contributed by atoms with Gasteiger partial charge in [0.25, 0.3) is 5.91 Å². The summed E-state index contributed by atoms with van der Waals surface area (Å²) in [6, 6.07) is 14.8. The molecule has 4 rings (SSSR count). The molecule has 0 radical (unpaired) electrons. The first kappa shape index (κ1) is 21.7. The van der Waals surface area contributed by atoms with E-state index in [-0.39, 0.29) is 29.7 Å². The first-order valence-corrected chi connectivity index (χ1v) is 11.0. The standard InChI is InChI=1S/C24H27ClN2O4/c1-30-18-8-6-16(7-9-18)20-14-17(26-23(28)19-4-2-3-5-22(19)25)15-21(20)24(29)27-10-12-31-13-11-27/h2-9,17,20-21H,10-15H2,1H3,(H,26,28)/t17-,20+,21-/m0/s1. The molecular weight excluding hydrogens is 416 g/mol. The average molecular weight is 443 g/mol. The minimum atomic E-state index is -0.205. The Morgan fingerprint density at radius 2 is 1.77 bits per heavy atom. The van der Waals surface area contributed by atoms with Gasteiger partial charge >= 0.3 is 0 Å². The summed E-state index contributed by atoms with van der Waals surface area (Å²) in [5.41, 5.74) is 1.54. The summed E-state index contributed by atoms with van der Waals surface area (Å²) in [5.74, 6) is 0.546. The van der Waals surface area contributed by atoms with Gasteiger partial charge in [-0.3, -0.25) is 9.59 Å². The Balaban J connectivity index is 1.54. The van der Waals surface area contributed by atoms with Crippen molar-refractivity contribution in [1.29, 1.82) is 0 Å². The van der Waals surface area contributed by atoms with Crippen molar-refractivity contribution in [3.63, 3.8) is 0 Å². The van der Waals surface area contributed by atoms with Crippen LogP contribution in [-0.2, 0) is 9.53 Å². The highest BCUT2D eigenvalue weighted by Gasteiger charge is 2.42. The van der Waals surface area contributed by atoms with E-state index in [9.17, 15) is 9.59 Å². The minimum Gasteiger partial charge on any atom is -0.497 e. The van der Waals surface area contributed by atoms with E-state index >= 15 is 0 Å². The van der Waals surface area contributed by atoms with E-state index in [1.165, 1.54) is 0 Å². The highest BCUT2D eigenvalue weighted by Crippen LogP contribution is 2.41. The van der Waals surface area contributed by atoms with Crippen molar-refractivity contribution in [2.45, 2.75) is 24.8 Å². The zero-order chi connectivity index (χ0) is 21.8. The second-order valence-electron chi connectivity index (χ2n) is 8.05. The number of ether oxygens (including phenoxy) is 2. The van der Waals surface area contributed by atoms with E-state index < -0.39 is 0 Å². The Hall–Kier alpha value is -2.57. The van der Waals surface area contributed by atoms with Crippen molar-refractivity contribution in [1.82, 2.24) is 10.2 Å². The molecule has 2 amide bonds. The molecular formula is C24H27ClN2O4. The van der Waals surface area contributed by atoms with Crippen LogP contribution in [0, 0.1) is 5.92 Å². The van der Waals surface area contributed by atoms with Gasteiger partial charge in [0.2, 0.25) is 5.91 Å². The molecule has 31 heavy (non-hydrogen) atoms. The molecule has 2 aliphatic rings. The SMILES string of the molecule is COc1ccc([C@H]2C[C@H](NC(=O)c3ccccc3Cl)C[C@@H]2C(=O)N2CCOCC2)cc1. The first-order valence-electron chi connectivity index (χ1n) is 10.6. The van der Waals surface area contributed by atoms with Gasteiger partial charge in [-0.25, -0.2) is 0 Å². The fourth-order valence-electron chi connectivity index (χ4n) is 4.57. The number of carbonyl (C=O) groups is 2. The van der Waals surface area contributed by atoms with Gasteiger partial charge in [0, 0.05) is 25.0 Å². The molecule has 164 valence electrons.